The van der Waals surface area contributed by atoms with Crippen molar-refractivity contribution >= 4 is 29.7 Å². The summed E-state index contributed by atoms with van der Waals surface area (Å²) in [4.78, 5) is 57.6. The second-order valence-corrected chi connectivity index (χ2v) is 6.49. The molecule has 0 saturated heterocycles. The van der Waals surface area contributed by atoms with Crippen LogP contribution in [0.5, 0.6) is 5.75 Å². The van der Waals surface area contributed by atoms with Gasteiger partial charge in [-0.15, -0.1) is 0 Å². The lowest BCUT2D eigenvalue weighted by Crippen LogP contribution is -2.55. The van der Waals surface area contributed by atoms with Crippen LogP contribution in [0.2, 0.25) is 0 Å². The van der Waals surface area contributed by atoms with Gasteiger partial charge < -0.3 is 42.1 Å². The molecule has 0 fully saturated rings. The number of benzene rings is 1. The standard InChI is InChI=1S/C18H24N4O9/c19-11(5-9-1-3-10(24)4-2-9)16(28)20-7-14(25)21-13(8-23)17(29)22-12(18(30)31)6-15(26)27/h1-4,11-13,23-24H,5-8,19H2,(H,20,28)(H,21,25)(H,22,29)(H,26,27)(H,30,31)/t11-,12-,13-/m0/s1. The van der Waals surface area contributed by atoms with Gasteiger partial charge >= 0.3 is 11.9 Å². The van der Waals surface area contributed by atoms with Gasteiger partial charge in [-0.25, -0.2) is 4.79 Å². The number of carbonyl (C=O) groups is 5. The molecule has 0 unspecified atom stereocenters. The van der Waals surface area contributed by atoms with Gasteiger partial charge in [0, 0.05) is 0 Å². The zero-order valence-corrected chi connectivity index (χ0v) is 16.3. The van der Waals surface area contributed by atoms with Gasteiger partial charge in [0.2, 0.25) is 17.7 Å². The number of carboxylic acids is 2. The lowest BCUT2D eigenvalue weighted by atomic mass is 10.1. The first-order chi connectivity index (χ1) is 14.5. The van der Waals surface area contributed by atoms with Gasteiger partial charge in [0.15, 0.2) is 0 Å². The molecular formula is C18H24N4O9. The number of aliphatic hydroxyl groups is 1. The van der Waals surface area contributed by atoms with Crippen LogP contribution in [0.1, 0.15) is 12.0 Å². The average Bonchev–Trinajstić information content (AvgIpc) is 2.70. The molecule has 0 aliphatic rings. The smallest absolute Gasteiger partial charge is 0.326 e. The predicted octanol–water partition coefficient (Wildman–Crippen LogP) is -3.10. The number of nitrogens with two attached hydrogens (primary N) is 1. The third kappa shape index (κ3) is 9.10. The number of phenolic OH excluding ortho intramolecular Hbond substituents is 1. The molecule has 3 amide bonds. The quantitative estimate of drug-likeness (QED) is 0.163. The maximum atomic E-state index is 12.0. The Bertz CT molecular complexity index is 813. The van der Waals surface area contributed by atoms with Crippen molar-refractivity contribution in [3.8, 4) is 5.75 Å². The summed E-state index contributed by atoms with van der Waals surface area (Å²) in [5.74, 6) is -5.67. The van der Waals surface area contributed by atoms with Crippen molar-refractivity contribution in [3.63, 3.8) is 0 Å². The predicted molar refractivity (Wildman–Crippen MR) is 104 cm³/mol. The average molecular weight is 440 g/mol. The molecule has 3 atom stereocenters. The second-order valence-electron chi connectivity index (χ2n) is 6.49. The van der Waals surface area contributed by atoms with Crippen molar-refractivity contribution in [2.24, 2.45) is 5.73 Å². The third-order valence-electron chi connectivity index (χ3n) is 3.98. The zero-order valence-electron chi connectivity index (χ0n) is 16.3. The Kier molecular flexibility index (Phi) is 9.88. The first-order valence-electron chi connectivity index (χ1n) is 8.99. The number of aliphatic carboxylic acids is 2. The number of rotatable bonds is 12. The van der Waals surface area contributed by atoms with E-state index in [1.807, 2.05) is 5.32 Å². The number of aromatic hydroxyl groups is 1. The van der Waals surface area contributed by atoms with E-state index in [1.165, 1.54) is 12.1 Å². The molecule has 13 heteroatoms. The molecule has 0 bridgehead atoms. The lowest BCUT2D eigenvalue weighted by molar-refractivity contribution is -0.147. The van der Waals surface area contributed by atoms with Crippen molar-refractivity contribution < 1.29 is 44.4 Å². The number of phenols is 1. The molecule has 9 N–H and O–H groups in total. The molecule has 0 aromatic heterocycles. The van der Waals surface area contributed by atoms with Crippen molar-refractivity contribution in [1.29, 1.82) is 0 Å². The Labute approximate surface area is 176 Å². The fourth-order valence-electron chi connectivity index (χ4n) is 2.36. The molecule has 31 heavy (non-hydrogen) atoms. The summed E-state index contributed by atoms with van der Waals surface area (Å²) in [6.45, 7) is -1.48. The second kappa shape index (κ2) is 12.1. The van der Waals surface area contributed by atoms with Crippen LogP contribution in [0.25, 0.3) is 0 Å². The van der Waals surface area contributed by atoms with Crippen molar-refractivity contribution in [2.45, 2.75) is 31.0 Å². The monoisotopic (exact) mass is 440 g/mol. The molecule has 13 nitrogen and oxygen atoms in total. The van der Waals surface area contributed by atoms with E-state index in [9.17, 15) is 34.2 Å². The summed E-state index contributed by atoms with van der Waals surface area (Å²) >= 11 is 0. The van der Waals surface area contributed by atoms with Crippen molar-refractivity contribution in [3.05, 3.63) is 29.8 Å². The molecule has 1 rings (SSSR count). The van der Waals surface area contributed by atoms with Crippen molar-refractivity contribution in [2.75, 3.05) is 13.2 Å². The van der Waals surface area contributed by atoms with E-state index >= 15 is 0 Å². The fraction of sp³-hybridized carbons (Fsp3) is 0.389. The Hall–Kier alpha value is -3.71. The van der Waals surface area contributed by atoms with Gasteiger partial charge in [-0.05, 0) is 24.1 Å². The number of aliphatic hydroxyl groups excluding tert-OH is 1. The van der Waals surface area contributed by atoms with E-state index in [0.29, 0.717) is 5.56 Å². The molecular weight excluding hydrogens is 416 g/mol. The molecule has 0 spiro atoms. The summed E-state index contributed by atoms with van der Waals surface area (Å²) in [7, 11) is 0. The highest BCUT2D eigenvalue weighted by Gasteiger charge is 2.28. The van der Waals surface area contributed by atoms with E-state index in [-0.39, 0.29) is 12.2 Å². The number of hydrogen-bond donors (Lipinski definition) is 8. The number of nitrogens with one attached hydrogen (secondary N) is 3. The summed E-state index contributed by atoms with van der Waals surface area (Å²) < 4.78 is 0. The highest BCUT2D eigenvalue weighted by molar-refractivity contribution is 5.93. The highest BCUT2D eigenvalue weighted by Crippen LogP contribution is 2.10. The molecule has 0 saturated carbocycles. The van der Waals surface area contributed by atoms with Gasteiger partial charge in [-0.1, -0.05) is 12.1 Å². The van der Waals surface area contributed by atoms with Gasteiger partial charge in [0.25, 0.3) is 0 Å². The maximum absolute atomic E-state index is 12.0. The number of carboxylic acid groups (broad SMARTS) is 2. The van der Waals surface area contributed by atoms with Crippen LogP contribution in [0.4, 0.5) is 0 Å². The van der Waals surface area contributed by atoms with Crippen LogP contribution >= 0.6 is 0 Å². The van der Waals surface area contributed by atoms with E-state index in [2.05, 4.69) is 10.6 Å². The molecule has 1 aromatic carbocycles. The minimum absolute atomic E-state index is 0.0542. The largest absolute Gasteiger partial charge is 0.508 e. The minimum atomic E-state index is -1.76. The zero-order chi connectivity index (χ0) is 23.6. The summed E-state index contributed by atoms with van der Waals surface area (Å²) in [6.07, 6.45) is -0.766. The number of carbonyl (C=O) groups excluding carboxylic acids is 3. The topological polar surface area (TPSA) is 228 Å². The van der Waals surface area contributed by atoms with E-state index in [0.717, 1.165) is 0 Å². The molecule has 0 radical (unpaired) electrons. The maximum Gasteiger partial charge on any atom is 0.326 e. The minimum Gasteiger partial charge on any atom is -0.508 e. The summed E-state index contributed by atoms with van der Waals surface area (Å²) in [5, 5.41) is 42.3. The van der Waals surface area contributed by atoms with E-state index in [4.69, 9.17) is 15.9 Å². The Balaban J connectivity index is 2.53. The first kappa shape index (κ1) is 25.3. The molecule has 170 valence electrons. The van der Waals surface area contributed by atoms with E-state index < -0.39 is 67.4 Å². The molecule has 0 aliphatic carbocycles. The van der Waals surface area contributed by atoms with Gasteiger partial charge in [0.05, 0.1) is 25.6 Å². The van der Waals surface area contributed by atoms with E-state index in [1.54, 1.807) is 12.1 Å². The SMILES string of the molecule is N[C@@H](Cc1ccc(O)cc1)C(=O)NCC(=O)N[C@@H](CO)C(=O)N[C@@H](CC(=O)O)C(=O)O. The Morgan fingerprint density at radius 3 is 2.06 bits per heavy atom. The van der Waals surface area contributed by atoms with Gasteiger partial charge in [0.1, 0.15) is 17.8 Å². The van der Waals surface area contributed by atoms with Crippen LogP contribution in [-0.4, -0.2) is 81.4 Å². The fourth-order valence-corrected chi connectivity index (χ4v) is 2.36. The Morgan fingerprint density at radius 2 is 1.55 bits per heavy atom. The van der Waals surface area contributed by atoms with Gasteiger partial charge in [-0.3, -0.25) is 19.2 Å². The molecule has 0 heterocycles. The lowest BCUT2D eigenvalue weighted by Gasteiger charge is -2.19. The molecule has 1 aromatic rings. The van der Waals surface area contributed by atoms with Crippen LogP contribution in [0.3, 0.4) is 0 Å². The highest BCUT2D eigenvalue weighted by atomic mass is 16.4. The van der Waals surface area contributed by atoms with Crippen LogP contribution in [0.15, 0.2) is 24.3 Å². The normalized spacial score (nSPS) is 13.4. The summed E-state index contributed by atoms with van der Waals surface area (Å²) in [5.41, 5.74) is 6.44. The van der Waals surface area contributed by atoms with Crippen LogP contribution in [-0.2, 0) is 30.4 Å². The summed E-state index contributed by atoms with van der Waals surface area (Å²) in [6, 6.07) is 1.70. The van der Waals surface area contributed by atoms with Crippen LogP contribution < -0.4 is 21.7 Å². The number of hydrogen-bond acceptors (Lipinski definition) is 8. The van der Waals surface area contributed by atoms with Crippen molar-refractivity contribution in [1.82, 2.24) is 16.0 Å². The molecule has 0 aliphatic heterocycles. The van der Waals surface area contributed by atoms with Crippen LogP contribution in [0, 0.1) is 0 Å². The first-order valence-corrected chi connectivity index (χ1v) is 8.99. The third-order valence-corrected chi connectivity index (χ3v) is 3.98. The number of amides is 3. The Morgan fingerprint density at radius 1 is 0.935 bits per heavy atom. The van der Waals surface area contributed by atoms with Gasteiger partial charge in [-0.2, -0.15) is 0 Å².